The van der Waals surface area contributed by atoms with Crippen LogP contribution in [-0.2, 0) is 36.9 Å². The lowest BCUT2D eigenvalue weighted by molar-refractivity contribution is -0.163. The van der Waals surface area contributed by atoms with Crippen molar-refractivity contribution in [2.45, 2.75) is 69.0 Å². The average Bonchev–Trinajstić information content (AvgIpc) is 3.57. The highest BCUT2D eigenvalue weighted by molar-refractivity contribution is 6.05. The Balaban J connectivity index is 0.965. The van der Waals surface area contributed by atoms with Crippen molar-refractivity contribution in [3.8, 4) is 5.75 Å². The molecule has 12 heteroatoms. The lowest BCUT2D eigenvalue weighted by Gasteiger charge is -2.31. The first-order chi connectivity index (χ1) is 22.9. The van der Waals surface area contributed by atoms with Crippen LogP contribution in [0, 0.1) is 5.82 Å². The Hall–Kier alpha value is -3.97. The van der Waals surface area contributed by atoms with E-state index in [1.54, 1.807) is 18.2 Å². The number of ether oxygens (including phenoxy) is 4. The molecule has 1 aromatic heterocycles. The van der Waals surface area contributed by atoms with Gasteiger partial charge >= 0.3 is 0 Å². The van der Waals surface area contributed by atoms with Gasteiger partial charge in [0.25, 0.3) is 5.91 Å². The second-order valence-electron chi connectivity index (χ2n) is 13.2. The van der Waals surface area contributed by atoms with Gasteiger partial charge in [-0.25, -0.2) is 9.37 Å². The Kier molecular flexibility index (Phi) is 8.12. The van der Waals surface area contributed by atoms with Gasteiger partial charge in [-0.15, -0.1) is 0 Å². The fourth-order valence-corrected chi connectivity index (χ4v) is 7.37. The van der Waals surface area contributed by atoms with Gasteiger partial charge in [-0.1, -0.05) is 6.07 Å². The topological polar surface area (TPSA) is 120 Å². The number of carbonyl (C=O) groups is 3. The van der Waals surface area contributed by atoms with Gasteiger partial charge in [0.1, 0.15) is 41.4 Å². The molecule has 2 aromatic carbocycles. The van der Waals surface area contributed by atoms with Crippen LogP contribution in [0.1, 0.15) is 58.8 Å². The number of likely N-dealkylation sites (tertiary alicyclic amines) is 1. The summed E-state index contributed by atoms with van der Waals surface area (Å²) in [6.45, 7) is 4.46. The van der Waals surface area contributed by atoms with Gasteiger partial charge in [0.2, 0.25) is 11.8 Å². The minimum absolute atomic E-state index is 0.000109. The number of fused-ring (bicyclic) bond motifs is 2. The predicted molar refractivity (Wildman–Crippen MR) is 166 cm³/mol. The molecule has 0 saturated carbocycles. The maximum absolute atomic E-state index is 15.4. The normalized spacial score (nSPS) is 25.7. The van der Waals surface area contributed by atoms with Gasteiger partial charge < -0.3 is 23.8 Å². The van der Waals surface area contributed by atoms with Crippen LogP contribution in [0.15, 0.2) is 42.5 Å². The van der Waals surface area contributed by atoms with Gasteiger partial charge in [-0.05, 0) is 66.8 Å². The molecule has 11 nitrogen and oxygen atoms in total. The van der Waals surface area contributed by atoms with Crippen molar-refractivity contribution in [1.29, 1.82) is 0 Å². The number of rotatable bonds is 8. The van der Waals surface area contributed by atoms with Crippen LogP contribution in [0.3, 0.4) is 0 Å². The molecule has 0 radical (unpaired) electrons. The molecule has 3 aromatic rings. The van der Waals surface area contributed by atoms with Crippen LogP contribution >= 0.6 is 0 Å². The third kappa shape index (κ3) is 6.11. The lowest BCUT2D eigenvalue weighted by Crippen LogP contribution is -2.52. The first kappa shape index (κ1) is 30.4. The number of pyridine rings is 1. The highest BCUT2D eigenvalue weighted by atomic mass is 19.1. The highest BCUT2D eigenvalue weighted by Gasteiger charge is 2.41. The predicted octanol–water partition coefficient (Wildman–Crippen LogP) is 3.08. The van der Waals surface area contributed by atoms with E-state index in [9.17, 15) is 14.4 Å². The number of imide groups is 1. The van der Waals surface area contributed by atoms with E-state index in [1.807, 2.05) is 24.3 Å². The van der Waals surface area contributed by atoms with Crippen LogP contribution in [-0.4, -0.2) is 96.4 Å². The highest BCUT2D eigenvalue weighted by Crippen LogP contribution is 2.33. The van der Waals surface area contributed by atoms with Gasteiger partial charge in [-0.2, -0.15) is 0 Å². The molecule has 5 aliphatic heterocycles. The number of piperidine rings is 1. The number of benzene rings is 2. The number of hydrogen-bond donors (Lipinski definition) is 1. The fraction of sp³-hybridized carbons (Fsp3) is 0.486. The molecule has 47 heavy (non-hydrogen) atoms. The Bertz CT molecular complexity index is 1730. The zero-order valence-electron chi connectivity index (χ0n) is 26.0. The van der Waals surface area contributed by atoms with E-state index in [2.05, 4.69) is 10.2 Å². The van der Waals surface area contributed by atoms with Gasteiger partial charge in [0.15, 0.2) is 0 Å². The second-order valence-corrected chi connectivity index (χ2v) is 13.2. The van der Waals surface area contributed by atoms with Crippen LogP contribution in [0.25, 0.3) is 10.9 Å². The van der Waals surface area contributed by atoms with E-state index in [0.29, 0.717) is 75.2 Å². The van der Waals surface area contributed by atoms with E-state index in [-0.39, 0.29) is 48.9 Å². The van der Waals surface area contributed by atoms with Crippen LogP contribution < -0.4 is 10.1 Å². The van der Waals surface area contributed by atoms with Crippen molar-refractivity contribution in [2.75, 3.05) is 39.5 Å². The van der Waals surface area contributed by atoms with Crippen LogP contribution in [0.5, 0.6) is 5.75 Å². The Morgan fingerprint density at radius 2 is 1.79 bits per heavy atom. The van der Waals surface area contributed by atoms with Crippen molar-refractivity contribution < 1.29 is 37.7 Å². The fourth-order valence-electron chi connectivity index (χ4n) is 7.37. The molecule has 8 rings (SSSR count). The summed E-state index contributed by atoms with van der Waals surface area (Å²) in [5.74, 6) is -0.400. The SMILES string of the molecule is O=C1CC[C@@H](N2Cc3cc(O[C@@H]4CN(Cc5cc(F)c6nc(C7CCOCC7)ccc6c5)C[C@H]4OC4COC4)ccc3C2=O)C(=O)N1. The molecule has 4 saturated heterocycles. The maximum atomic E-state index is 15.4. The minimum atomic E-state index is -0.674. The van der Waals surface area contributed by atoms with E-state index in [1.165, 1.54) is 4.90 Å². The summed E-state index contributed by atoms with van der Waals surface area (Å²) in [7, 11) is 0. The monoisotopic (exact) mass is 644 g/mol. The molecule has 0 aliphatic carbocycles. The Morgan fingerprint density at radius 3 is 2.57 bits per heavy atom. The average molecular weight is 645 g/mol. The summed E-state index contributed by atoms with van der Waals surface area (Å²) < 4.78 is 39.1. The number of nitrogens with one attached hydrogen (secondary N) is 1. The molecule has 6 heterocycles. The number of amides is 3. The minimum Gasteiger partial charge on any atom is -0.486 e. The Labute approximate surface area is 271 Å². The summed E-state index contributed by atoms with van der Waals surface area (Å²) in [4.78, 5) is 45.7. The molecule has 3 atom stereocenters. The first-order valence-electron chi connectivity index (χ1n) is 16.4. The smallest absolute Gasteiger partial charge is 0.255 e. The summed E-state index contributed by atoms with van der Waals surface area (Å²) in [6.07, 6.45) is 1.79. The first-order valence-corrected chi connectivity index (χ1v) is 16.4. The molecule has 1 N–H and O–H groups in total. The number of nitrogens with zero attached hydrogens (tertiary/aromatic N) is 3. The zero-order valence-corrected chi connectivity index (χ0v) is 26.0. The molecule has 0 spiro atoms. The van der Waals surface area contributed by atoms with Crippen molar-refractivity contribution >= 4 is 28.6 Å². The molecule has 3 amide bonds. The van der Waals surface area contributed by atoms with Gasteiger partial charge in [0.05, 0.1) is 13.2 Å². The van der Waals surface area contributed by atoms with E-state index < -0.39 is 11.9 Å². The Morgan fingerprint density at radius 1 is 0.957 bits per heavy atom. The summed E-state index contributed by atoms with van der Waals surface area (Å²) in [5.41, 5.74) is 3.48. The van der Waals surface area contributed by atoms with Crippen LogP contribution in [0.2, 0.25) is 0 Å². The summed E-state index contributed by atoms with van der Waals surface area (Å²) in [5, 5.41) is 3.12. The second kappa shape index (κ2) is 12.6. The molecule has 0 unspecified atom stereocenters. The van der Waals surface area contributed by atoms with Crippen molar-refractivity contribution in [1.82, 2.24) is 20.1 Å². The largest absolute Gasteiger partial charge is 0.486 e. The molecule has 246 valence electrons. The molecular formula is C35H37FN4O7. The maximum Gasteiger partial charge on any atom is 0.255 e. The lowest BCUT2D eigenvalue weighted by atomic mass is 9.95. The quantitative estimate of drug-likeness (QED) is 0.369. The van der Waals surface area contributed by atoms with Crippen molar-refractivity contribution in [2.24, 2.45) is 0 Å². The number of carbonyl (C=O) groups excluding carboxylic acids is 3. The van der Waals surface area contributed by atoms with Crippen molar-refractivity contribution in [3.63, 3.8) is 0 Å². The van der Waals surface area contributed by atoms with Crippen LogP contribution in [0.4, 0.5) is 4.39 Å². The number of hydrogen-bond acceptors (Lipinski definition) is 9. The van der Waals surface area contributed by atoms with Crippen molar-refractivity contribution in [3.05, 3.63) is 70.7 Å². The third-order valence-electron chi connectivity index (χ3n) is 9.92. The number of aromatic nitrogens is 1. The third-order valence-corrected chi connectivity index (χ3v) is 9.92. The standard InChI is InChI=1S/C35H37FN4O7/c36-27-12-20(11-22-1-4-28(37-33(22)27)21-7-9-44-10-8-21)14-39-16-30(31(17-39)47-25-18-45-19-25)46-24-2-3-26-23(13-24)15-40(35(26)43)29-5-6-32(41)38-34(29)42/h1-4,11-13,21,25,29-31H,5-10,14-19H2,(H,38,41,42)/t29-,30-,31-/m1/s1. The van der Waals surface area contributed by atoms with E-state index in [0.717, 1.165) is 35.0 Å². The van der Waals surface area contributed by atoms with E-state index in [4.69, 9.17) is 23.9 Å². The summed E-state index contributed by atoms with van der Waals surface area (Å²) >= 11 is 0. The number of halogens is 1. The zero-order chi connectivity index (χ0) is 32.1. The molecular weight excluding hydrogens is 607 g/mol. The molecule has 4 fully saturated rings. The van der Waals surface area contributed by atoms with Gasteiger partial charge in [-0.3, -0.25) is 24.6 Å². The molecule has 0 bridgehead atoms. The summed E-state index contributed by atoms with van der Waals surface area (Å²) in [6, 6.07) is 12.3. The van der Waals surface area contributed by atoms with Gasteiger partial charge in [0, 0.05) is 68.4 Å². The molecule has 5 aliphatic rings. The van der Waals surface area contributed by atoms with E-state index >= 15 is 4.39 Å².